The molecule has 1 saturated carbocycles. The Morgan fingerprint density at radius 3 is 2.53 bits per heavy atom. The third kappa shape index (κ3) is 4.15. The summed E-state index contributed by atoms with van der Waals surface area (Å²) in [4.78, 5) is 14.1. The molecule has 1 aliphatic heterocycles. The Morgan fingerprint density at radius 1 is 1.24 bits per heavy atom. The minimum atomic E-state index is 0.212. The second kappa shape index (κ2) is 6.20. The molecule has 3 nitrogen and oxygen atoms in total. The van der Waals surface area contributed by atoms with Gasteiger partial charge in [-0.3, -0.25) is 9.69 Å². The van der Waals surface area contributed by atoms with Crippen LogP contribution in [0.4, 0.5) is 0 Å². The van der Waals surface area contributed by atoms with Crippen LogP contribution in [0, 0.1) is 0 Å². The van der Waals surface area contributed by atoms with Crippen LogP contribution in [0.3, 0.4) is 0 Å². The molecule has 1 amide bonds. The van der Waals surface area contributed by atoms with E-state index in [4.69, 9.17) is 0 Å². The lowest BCUT2D eigenvalue weighted by molar-refractivity contribution is -0.123. The molecule has 1 saturated heterocycles. The normalized spacial score (nSPS) is 23.6. The summed E-state index contributed by atoms with van der Waals surface area (Å²) in [5.41, 5.74) is 1.33. The van der Waals surface area contributed by atoms with Gasteiger partial charge in [-0.2, -0.15) is 0 Å². The standard InChI is InChI=1S/C14H24N2O/c1-12-7-9-16(10-8-12)11-14(17)15-13-5-3-2-4-6-13/h13H,1-11H2,(H,15,17). The molecule has 0 radical (unpaired) electrons. The highest BCUT2D eigenvalue weighted by Crippen LogP contribution is 2.17. The number of hydrogen-bond acceptors (Lipinski definition) is 2. The fourth-order valence-electron chi connectivity index (χ4n) is 2.75. The summed E-state index contributed by atoms with van der Waals surface area (Å²) in [5, 5.41) is 3.17. The summed E-state index contributed by atoms with van der Waals surface area (Å²) in [5.74, 6) is 0.212. The molecule has 2 rings (SSSR count). The molecule has 3 heteroatoms. The van der Waals surface area contributed by atoms with Crippen molar-refractivity contribution in [2.45, 2.75) is 51.0 Å². The summed E-state index contributed by atoms with van der Waals surface area (Å²) in [7, 11) is 0. The number of carbonyl (C=O) groups excluding carboxylic acids is 1. The minimum absolute atomic E-state index is 0.212. The maximum absolute atomic E-state index is 11.9. The Morgan fingerprint density at radius 2 is 1.88 bits per heavy atom. The predicted octanol–water partition coefficient (Wildman–Crippen LogP) is 2.09. The number of piperidine rings is 1. The first-order valence-electron chi connectivity index (χ1n) is 6.92. The van der Waals surface area contributed by atoms with Crippen molar-refractivity contribution in [2.24, 2.45) is 0 Å². The van der Waals surface area contributed by atoms with Crippen molar-refractivity contribution in [1.29, 1.82) is 0 Å². The SMILES string of the molecule is C=C1CCN(CC(=O)NC2CCCCC2)CC1. The molecule has 1 aliphatic carbocycles. The van der Waals surface area contributed by atoms with Gasteiger partial charge in [-0.05, 0) is 25.7 Å². The van der Waals surface area contributed by atoms with Gasteiger partial charge in [0.2, 0.25) is 5.91 Å². The molecule has 0 atom stereocenters. The van der Waals surface area contributed by atoms with E-state index in [2.05, 4.69) is 16.8 Å². The lowest BCUT2D eigenvalue weighted by atomic mass is 9.95. The average molecular weight is 236 g/mol. The van der Waals surface area contributed by atoms with Crippen molar-refractivity contribution in [2.75, 3.05) is 19.6 Å². The Balaban J connectivity index is 1.67. The second-order valence-corrected chi connectivity index (χ2v) is 5.43. The topological polar surface area (TPSA) is 32.3 Å². The smallest absolute Gasteiger partial charge is 0.234 e. The van der Waals surface area contributed by atoms with Crippen molar-refractivity contribution in [3.63, 3.8) is 0 Å². The van der Waals surface area contributed by atoms with E-state index in [9.17, 15) is 4.79 Å². The number of nitrogens with zero attached hydrogens (tertiary/aromatic N) is 1. The zero-order chi connectivity index (χ0) is 12.1. The van der Waals surface area contributed by atoms with Crippen LogP contribution in [-0.2, 0) is 4.79 Å². The number of likely N-dealkylation sites (tertiary alicyclic amines) is 1. The lowest BCUT2D eigenvalue weighted by Crippen LogP contribution is -2.44. The summed E-state index contributed by atoms with van der Waals surface area (Å²) in [6.45, 7) is 6.56. The summed E-state index contributed by atoms with van der Waals surface area (Å²) in [6, 6.07) is 0.441. The number of amides is 1. The zero-order valence-electron chi connectivity index (χ0n) is 10.7. The van der Waals surface area contributed by atoms with E-state index in [0.717, 1.165) is 25.9 Å². The molecular formula is C14H24N2O. The van der Waals surface area contributed by atoms with Gasteiger partial charge in [0.15, 0.2) is 0 Å². The number of rotatable bonds is 3. The maximum atomic E-state index is 11.9. The van der Waals surface area contributed by atoms with Crippen LogP contribution in [0.5, 0.6) is 0 Å². The molecule has 17 heavy (non-hydrogen) atoms. The lowest BCUT2D eigenvalue weighted by Gasteiger charge is -2.29. The third-order valence-corrected chi connectivity index (χ3v) is 3.90. The largest absolute Gasteiger partial charge is 0.352 e. The average Bonchev–Trinajstić information content (AvgIpc) is 2.33. The van der Waals surface area contributed by atoms with Gasteiger partial charge in [-0.1, -0.05) is 31.4 Å². The van der Waals surface area contributed by atoms with E-state index in [-0.39, 0.29) is 5.91 Å². The number of nitrogens with one attached hydrogen (secondary N) is 1. The molecule has 0 bridgehead atoms. The highest BCUT2D eigenvalue weighted by molar-refractivity contribution is 5.78. The van der Waals surface area contributed by atoms with Gasteiger partial charge in [0, 0.05) is 19.1 Å². The van der Waals surface area contributed by atoms with Crippen molar-refractivity contribution in [1.82, 2.24) is 10.2 Å². The Labute approximate surface area is 104 Å². The molecule has 0 aromatic heterocycles. The molecule has 96 valence electrons. The zero-order valence-corrected chi connectivity index (χ0v) is 10.7. The predicted molar refractivity (Wildman–Crippen MR) is 69.8 cm³/mol. The van der Waals surface area contributed by atoms with Crippen LogP contribution in [-0.4, -0.2) is 36.5 Å². The first-order valence-corrected chi connectivity index (χ1v) is 6.92. The van der Waals surface area contributed by atoms with Gasteiger partial charge >= 0.3 is 0 Å². The first kappa shape index (κ1) is 12.6. The molecule has 0 unspecified atom stereocenters. The van der Waals surface area contributed by atoms with Gasteiger partial charge in [-0.25, -0.2) is 0 Å². The van der Waals surface area contributed by atoms with Gasteiger partial charge in [-0.15, -0.1) is 0 Å². The molecule has 2 aliphatic rings. The molecular weight excluding hydrogens is 212 g/mol. The van der Waals surface area contributed by atoms with Crippen LogP contribution >= 0.6 is 0 Å². The van der Waals surface area contributed by atoms with Crippen LogP contribution in [0.15, 0.2) is 12.2 Å². The Bertz CT molecular complexity index is 272. The van der Waals surface area contributed by atoms with E-state index in [0.29, 0.717) is 12.6 Å². The Kier molecular flexibility index (Phi) is 4.60. The highest BCUT2D eigenvalue weighted by atomic mass is 16.2. The first-order chi connectivity index (χ1) is 8.24. The van der Waals surface area contributed by atoms with Gasteiger partial charge in [0.25, 0.3) is 0 Å². The van der Waals surface area contributed by atoms with Crippen LogP contribution in [0.2, 0.25) is 0 Å². The molecule has 0 aromatic rings. The van der Waals surface area contributed by atoms with Gasteiger partial charge < -0.3 is 5.32 Å². The van der Waals surface area contributed by atoms with E-state index >= 15 is 0 Å². The van der Waals surface area contributed by atoms with Crippen LogP contribution < -0.4 is 5.32 Å². The van der Waals surface area contributed by atoms with Crippen molar-refractivity contribution in [3.8, 4) is 0 Å². The summed E-state index contributed by atoms with van der Waals surface area (Å²) in [6.07, 6.45) is 8.32. The second-order valence-electron chi connectivity index (χ2n) is 5.43. The van der Waals surface area contributed by atoms with Crippen LogP contribution in [0.25, 0.3) is 0 Å². The molecule has 0 aromatic carbocycles. The summed E-state index contributed by atoms with van der Waals surface area (Å²) < 4.78 is 0. The third-order valence-electron chi connectivity index (χ3n) is 3.90. The van der Waals surface area contributed by atoms with Crippen molar-refractivity contribution in [3.05, 3.63) is 12.2 Å². The van der Waals surface area contributed by atoms with Gasteiger partial charge in [0.1, 0.15) is 0 Å². The van der Waals surface area contributed by atoms with Gasteiger partial charge in [0.05, 0.1) is 6.54 Å². The van der Waals surface area contributed by atoms with E-state index in [1.807, 2.05) is 0 Å². The summed E-state index contributed by atoms with van der Waals surface area (Å²) >= 11 is 0. The molecule has 2 fully saturated rings. The number of carbonyl (C=O) groups is 1. The maximum Gasteiger partial charge on any atom is 0.234 e. The van der Waals surface area contributed by atoms with E-state index in [1.165, 1.54) is 37.7 Å². The number of hydrogen-bond donors (Lipinski definition) is 1. The van der Waals surface area contributed by atoms with E-state index in [1.54, 1.807) is 0 Å². The van der Waals surface area contributed by atoms with Crippen molar-refractivity contribution >= 4 is 5.91 Å². The minimum Gasteiger partial charge on any atom is -0.352 e. The van der Waals surface area contributed by atoms with Crippen LogP contribution in [0.1, 0.15) is 44.9 Å². The van der Waals surface area contributed by atoms with Crippen molar-refractivity contribution < 1.29 is 4.79 Å². The fraction of sp³-hybridized carbons (Fsp3) is 0.786. The molecule has 1 N–H and O–H groups in total. The molecule has 0 spiro atoms. The fourth-order valence-corrected chi connectivity index (χ4v) is 2.75. The molecule has 1 heterocycles. The highest BCUT2D eigenvalue weighted by Gasteiger charge is 2.19. The van der Waals surface area contributed by atoms with E-state index < -0.39 is 0 Å². The Hall–Kier alpha value is -0.830. The quantitative estimate of drug-likeness (QED) is 0.761. The monoisotopic (exact) mass is 236 g/mol.